The molecule has 1 saturated carbocycles. The smallest absolute Gasteiger partial charge is 0.242 e. The van der Waals surface area contributed by atoms with Crippen LogP contribution in [0.1, 0.15) is 50.2 Å². The molecule has 2 aromatic rings. The Labute approximate surface area is 184 Å². The van der Waals surface area contributed by atoms with Gasteiger partial charge in [0.15, 0.2) is 0 Å². The number of thioether (sulfide) groups is 1. The first-order valence-electron chi connectivity index (χ1n) is 10.9. The summed E-state index contributed by atoms with van der Waals surface area (Å²) in [6.45, 7) is 4.35. The maximum Gasteiger partial charge on any atom is 0.242 e. The molecule has 2 amide bonds. The molecule has 0 aliphatic heterocycles. The summed E-state index contributed by atoms with van der Waals surface area (Å²) in [6, 6.07) is 18.0. The van der Waals surface area contributed by atoms with Gasteiger partial charge in [0, 0.05) is 29.7 Å². The molecule has 0 saturated heterocycles. The number of rotatable bonds is 9. The van der Waals surface area contributed by atoms with Crippen molar-refractivity contribution in [3.63, 3.8) is 0 Å². The summed E-state index contributed by atoms with van der Waals surface area (Å²) >= 11 is 1.67. The van der Waals surface area contributed by atoms with Crippen LogP contribution in [0.5, 0.6) is 0 Å². The molecule has 0 spiro atoms. The fourth-order valence-electron chi connectivity index (χ4n) is 3.78. The van der Waals surface area contributed by atoms with E-state index in [1.165, 1.54) is 18.4 Å². The molecule has 3 rings (SSSR count). The van der Waals surface area contributed by atoms with Crippen LogP contribution in [-0.2, 0) is 16.1 Å². The Hall–Kier alpha value is -2.27. The lowest BCUT2D eigenvalue weighted by atomic mass is 10.1. The average molecular weight is 425 g/mol. The van der Waals surface area contributed by atoms with Crippen LogP contribution in [-0.4, -0.2) is 34.6 Å². The monoisotopic (exact) mass is 424 g/mol. The highest BCUT2D eigenvalue weighted by atomic mass is 32.2. The minimum absolute atomic E-state index is 0.0214. The van der Waals surface area contributed by atoms with Gasteiger partial charge in [-0.25, -0.2) is 0 Å². The number of hydrogen-bond acceptors (Lipinski definition) is 3. The zero-order valence-electron chi connectivity index (χ0n) is 18.0. The van der Waals surface area contributed by atoms with Crippen LogP contribution in [0.15, 0.2) is 59.5 Å². The van der Waals surface area contributed by atoms with E-state index in [-0.39, 0.29) is 17.9 Å². The first-order chi connectivity index (χ1) is 14.5. The molecule has 0 bridgehead atoms. The number of carbonyl (C=O) groups excluding carboxylic acids is 2. The standard InChI is InChI=1S/C25H32N2O2S/c1-19-12-14-21(15-13-19)18-27(20(2)25(29)26-22-8-6-7-9-22)24(28)16-17-30-23-10-4-3-5-11-23/h3-5,10-15,20,22H,6-9,16-18H2,1-2H3,(H,26,29)/t20-/m1/s1. The van der Waals surface area contributed by atoms with Gasteiger partial charge in [-0.15, -0.1) is 11.8 Å². The maximum absolute atomic E-state index is 13.1. The normalized spacial score (nSPS) is 15.0. The van der Waals surface area contributed by atoms with Crippen molar-refractivity contribution in [2.24, 2.45) is 0 Å². The number of benzene rings is 2. The molecule has 0 aromatic heterocycles. The van der Waals surface area contributed by atoms with Crippen molar-refractivity contribution in [1.82, 2.24) is 10.2 Å². The van der Waals surface area contributed by atoms with E-state index in [9.17, 15) is 9.59 Å². The molecule has 0 heterocycles. The molecule has 1 aliphatic rings. The predicted octanol–water partition coefficient (Wildman–Crippen LogP) is 4.95. The second kappa shape index (κ2) is 11.2. The molecular weight excluding hydrogens is 392 g/mol. The Morgan fingerprint density at radius 2 is 1.73 bits per heavy atom. The Balaban J connectivity index is 1.64. The minimum atomic E-state index is -0.485. The van der Waals surface area contributed by atoms with Crippen LogP contribution in [0.3, 0.4) is 0 Å². The third-order valence-electron chi connectivity index (χ3n) is 5.67. The third kappa shape index (κ3) is 6.63. The molecule has 1 N–H and O–H groups in total. The molecule has 30 heavy (non-hydrogen) atoms. The van der Waals surface area contributed by atoms with Crippen LogP contribution in [0, 0.1) is 6.92 Å². The van der Waals surface area contributed by atoms with E-state index in [2.05, 4.69) is 17.4 Å². The first-order valence-corrected chi connectivity index (χ1v) is 11.8. The summed E-state index contributed by atoms with van der Waals surface area (Å²) in [7, 11) is 0. The zero-order valence-corrected chi connectivity index (χ0v) is 18.8. The van der Waals surface area contributed by atoms with Gasteiger partial charge in [0.05, 0.1) is 0 Å². The average Bonchev–Trinajstić information content (AvgIpc) is 3.26. The first kappa shape index (κ1) is 22.4. The number of nitrogens with one attached hydrogen (secondary N) is 1. The van der Waals surface area contributed by atoms with Gasteiger partial charge in [-0.3, -0.25) is 9.59 Å². The lowest BCUT2D eigenvalue weighted by molar-refractivity contribution is -0.140. The Morgan fingerprint density at radius 3 is 2.40 bits per heavy atom. The highest BCUT2D eigenvalue weighted by molar-refractivity contribution is 7.99. The van der Waals surface area contributed by atoms with Crippen molar-refractivity contribution in [2.45, 2.75) is 69.5 Å². The largest absolute Gasteiger partial charge is 0.352 e. The minimum Gasteiger partial charge on any atom is -0.352 e. The summed E-state index contributed by atoms with van der Waals surface area (Å²) in [5.74, 6) is 0.677. The second-order valence-corrected chi connectivity index (χ2v) is 9.25. The highest BCUT2D eigenvalue weighted by Crippen LogP contribution is 2.21. The molecule has 1 fully saturated rings. The van der Waals surface area contributed by atoms with Gasteiger partial charge in [0.25, 0.3) is 0 Å². The van der Waals surface area contributed by atoms with Gasteiger partial charge in [-0.05, 0) is 44.4 Å². The number of amides is 2. The molecule has 4 nitrogen and oxygen atoms in total. The second-order valence-electron chi connectivity index (χ2n) is 8.08. The topological polar surface area (TPSA) is 49.4 Å². The summed E-state index contributed by atoms with van der Waals surface area (Å²) in [6.07, 6.45) is 4.83. The predicted molar refractivity (Wildman–Crippen MR) is 123 cm³/mol. The quantitative estimate of drug-likeness (QED) is 0.579. The summed E-state index contributed by atoms with van der Waals surface area (Å²) < 4.78 is 0. The molecule has 0 radical (unpaired) electrons. The Bertz CT molecular complexity index is 817. The molecule has 160 valence electrons. The van der Waals surface area contributed by atoms with E-state index in [4.69, 9.17) is 0 Å². The molecule has 5 heteroatoms. The van der Waals surface area contributed by atoms with Crippen LogP contribution in [0.25, 0.3) is 0 Å². The van der Waals surface area contributed by atoms with Crippen LogP contribution >= 0.6 is 11.8 Å². The van der Waals surface area contributed by atoms with E-state index >= 15 is 0 Å². The molecule has 0 unspecified atom stereocenters. The number of carbonyl (C=O) groups is 2. The number of hydrogen-bond donors (Lipinski definition) is 1. The van der Waals surface area contributed by atoms with Gasteiger partial charge in [0.1, 0.15) is 6.04 Å². The number of aryl methyl sites for hydroxylation is 1. The van der Waals surface area contributed by atoms with Gasteiger partial charge >= 0.3 is 0 Å². The summed E-state index contributed by atoms with van der Waals surface area (Å²) in [5, 5.41) is 3.15. The van der Waals surface area contributed by atoms with Gasteiger partial charge in [0.2, 0.25) is 11.8 Å². The van der Waals surface area contributed by atoms with Gasteiger partial charge in [-0.1, -0.05) is 60.9 Å². The summed E-state index contributed by atoms with van der Waals surface area (Å²) in [5.41, 5.74) is 2.23. The SMILES string of the molecule is Cc1ccc(CN(C(=O)CCSc2ccccc2)[C@H](C)C(=O)NC2CCCC2)cc1. The van der Waals surface area contributed by atoms with Crippen molar-refractivity contribution in [2.75, 3.05) is 5.75 Å². The van der Waals surface area contributed by atoms with E-state index in [0.717, 1.165) is 23.3 Å². The van der Waals surface area contributed by atoms with Crippen molar-refractivity contribution in [1.29, 1.82) is 0 Å². The van der Waals surface area contributed by atoms with Gasteiger partial charge < -0.3 is 10.2 Å². The van der Waals surface area contributed by atoms with Crippen LogP contribution in [0.4, 0.5) is 0 Å². The van der Waals surface area contributed by atoms with Crippen molar-refractivity contribution in [3.05, 3.63) is 65.7 Å². The molecule has 2 aromatic carbocycles. The van der Waals surface area contributed by atoms with E-state index in [1.807, 2.05) is 56.3 Å². The highest BCUT2D eigenvalue weighted by Gasteiger charge is 2.28. The lowest BCUT2D eigenvalue weighted by Gasteiger charge is -2.30. The maximum atomic E-state index is 13.1. The molecule has 1 atom stereocenters. The van der Waals surface area contributed by atoms with E-state index in [0.29, 0.717) is 18.7 Å². The Morgan fingerprint density at radius 1 is 1.07 bits per heavy atom. The van der Waals surface area contributed by atoms with Crippen molar-refractivity contribution in [3.8, 4) is 0 Å². The zero-order chi connectivity index (χ0) is 21.3. The van der Waals surface area contributed by atoms with E-state index in [1.54, 1.807) is 16.7 Å². The fourth-order valence-corrected chi connectivity index (χ4v) is 4.64. The third-order valence-corrected chi connectivity index (χ3v) is 6.68. The Kier molecular flexibility index (Phi) is 8.38. The molecule has 1 aliphatic carbocycles. The number of nitrogens with zero attached hydrogens (tertiary/aromatic N) is 1. The molecular formula is C25H32N2O2S. The van der Waals surface area contributed by atoms with E-state index < -0.39 is 6.04 Å². The van der Waals surface area contributed by atoms with Gasteiger partial charge in [-0.2, -0.15) is 0 Å². The van der Waals surface area contributed by atoms with Crippen molar-refractivity contribution < 1.29 is 9.59 Å². The summed E-state index contributed by atoms with van der Waals surface area (Å²) in [4.78, 5) is 28.9. The van der Waals surface area contributed by atoms with Crippen molar-refractivity contribution >= 4 is 23.6 Å². The lowest BCUT2D eigenvalue weighted by Crippen LogP contribution is -2.49. The van der Waals surface area contributed by atoms with Crippen LogP contribution < -0.4 is 5.32 Å². The van der Waals surface area contributed by atoms with Crippen LogP contribution in [0.2, 0.25) is 0 Å². The fraction of sp³-hybridized carbons (Fsp3) is 0.440.